The maximum Gasteiger partial charge on any atom is 0.337 e. The molecule has 3 heteroatoms. The van der Waals surface area contributed by atoms with Gasteiger partial charge in [0.2, 0.25) is 0 Å². The van der Waals surface area contributed by atoms with Crippen molar-refractivity contribution in [3.8, 4) is 0 Å². The molecule has 1 aliphatic rings. The summed E-state index contributed by atoms with van der Waals surface area (Å²) in [6.45, 7) is 1.07. The Balaban J connectivity index is 1.69. The van der Waals surface area contributed by atoms with Crippen LogP contribution >= 0.6 is 0 Å². The summed E-state index contributed by atoms with van der Waals surface area (Å²) in [4.78, 5) is 11.4. The number of fused-ring (bicyclic) bond motifs is 1. The van der Waals surface area contributed by atoms with Crippen LogP contribution in [-0.4, -0.2) is 19.6 Å². The predicted molar refractivity (Wildman–Crippen MR) is 88.4 cm³/mol. The normalized spacial score (nSPS) is 13.1. The highest BCUT2D eigenvalue weighted by molar-refractivity contribution is 5.89. The molecule has 0 aliphatic carbocycles. The van der Waals surface area contributed by atoms with E-state index in [4.69, 9.17) is 4.74 Å². The summed E-state index contributed by atoms with van der Waals surface area (Å²) >= 11 is 0. The molecular weight excluding hydrogens is 274 g/mol. The van der Waals surface area contributed by atoms with Gasteiger partial charge in [-0.05, 0) is 54.5 Å². The summed E-state index contributed by atoms with van der Waals surface area (Å²) in [5.41, 5.74) is 5.99. The maximum absolute atomic E-state index is 11.4. The zero-order valence-corrected chi connectivity index (χ0v) is 12.9. The van der Waals surface area contributed by atoms with Gasteiger partial charge in [0.05, 0.1) is 12.7 Å². The fraction of sp³-hybridized carbons (Fsp3) is 0.316. The third kappa shape index (κ3) is 3.14. The summed E-state index contributed by atoms with van der Waals surface area (Å²) < 4.78 is 4.72. The number of benzene rings is 2. The zero-order chi connectivity index (χ0) is 15.4. The van der Waals surface area contributed by atoms with Gasteiger partial charge < -0.3 is 10.1 Å². The second-order valence-corrected chi connectivity index (χ2v) is 5.67. The first-order chi connectivity index (χ1) is 10.8. The smallest absolute Gasteiger partial charge is 0.337 e. The molecule has 0 saturated heterocycles. The molecule has 0 unspecified atom stereocenters. The minimum atomic E-state index is -0.284. The summed E-state index contributed by atoms with van der Waals surface area (Å²) in [6.07, 6.45) is 4.36. The van der Waals surface area contributed by atoms with E-state index in [-0.39, 0.29) is 5.97 Å². The van der Waals surface area contributed by atoms with Crippen LogP contribution in [0.2, 0.25) is 0 Å². The molecule has 0 aromatic heterocycles. The monoisotopic (exact) mass is 295 g/mol. The van der Waals surface area contributed by atoms with Crippen LogP contribution in [-0.2, 0) is 24.0 Å². The molecule has 0 fully saturated rings. The van der Waals surface area contributed by atoms with Gasteiger partial charge in [-0.25, -0.2) is 4.79 Å². The number of aryl methyl sites for hydroxylation is 3. The van der Waals surface area contributed by atoms with Crippen LogP contribution in [0, 0.1) is 0 Å². The van der Waals surface area contributed by atoms with Gasteiger partial charge in [0.15, 0.2) is 0 Å². The van der Waals surface area contributed by atoms with E-state index >= 15 is 0 Å². The number of para-hydroxylation sites is 1. The van der Waals surface area contributed by atoms with Crippen molar-refractivity contribution in [2.75, 3.05) is 19.0 Å². The van der Waals surface area contributed by atoms with Crippen LogP contribution in [0.25, 0.3) is 0 Å². The summed E-state index contributed by atoms with van der Waals surface area (Å²) in [7, 11) is 1.40. The Morgan fingerprint density at radius 1 is 1.14 bits per heavy atom. The van der Waals surface area contributed by atoms with E-state index in [0.717, 1.165) is 19.4 Å². The van der Waals surface area contributed by atoms with Gasteiger partial charge in [-0.15, -0.1) is 0 Å². The second-order valence-electron chi connectivity index (χ2n) is 5.67. The van der Waals surface area contributed by atoms with Crippen LogP contribution < -0.4 is 5.32 Å². The highest BCUT2D eigenvalue weighted by Gasteiger charge is 2.12. The number of esters is 1. The first-order valence-electron chi connectivity index (χ1n) is 7.80. The number of methoxy groups -OCH3 is 1. The number of hydrogen-bond donors (Lipinski definition) is 1. The Hall–Kier alpha value is -2.29. The molecule has 0 saturated carbocycles. The van der Waals surface area contributed by atoms with Crippen molar-refractivity contribution in [1.29, 1.82) is 0 Å². The largest absolute Gasteiger partial charge is 0.465 e. The number of anilines is 1. The zero-order valence-electron chi connectivity index (χ0n) is 12.9. The van der Waals surface area contributed by atoms with Gasteiger partial charge >= 0.3 is 5.97 Å². The van der Waals surface area contributed by atoms with Crippen molar-refractivity contribution in [2.24, 2.45) is 0 Å². The Bertz CT molecular complexity index is 662. The number of carbonyl (C=O) groups is 1. The van der Waals surface area contributed by atoms with Gasteiger partial charge in [0.1, 0.15) is 0 Å². The lowest BCUT2D eigenvalue weighted by atomic mass is 9.95. The van der Waals surface area contributed by atoms with Crippen molar-refractivity contribution in [2.45, 2.75) is 25.7 Å². The fourth-order valence-corrected chi connectivity index (χ4v) is 2.99. The number of nitrogens with one attached hydrogen (secondary N) is 1. The van der Waals surface area contributed by atoms with Crippen molar-refractivity contribution in [3.05, 3.63) is 64.7 Å². The molecule has 0 radical (unpaired) electrons. The van der Waals surface area contributed by atoms with E-state index in [2.05, 4.69) is 23.5 Å². The molecule has 1 N–H and O–H groups in total. The molecule has 0 atom stereocenters. The van der Waals surface area contributed by atoms with E-state index < -0.39 is 0 Å². The average molecular weight is 295 g/mol. The highest BCUT2D eigenvalue weighted by Crippen LogP contribution is 2.27. The van der Waals surface area contributed by atoms with Crippen molar-refractivity contribution < 1.29 is 9.53 Å². The maximum atomic E-state index is 11.4. The second kappa shape index (κ2) is 6.65. The number of hydrogen-bond acceptors (Lipinski definition) is 3. The van der Waals surface area contributed by atoms with Crippen molar-refractivity contribution in [1.82, 2.24) is 0 Å². The molecular formula is C19H21NO2. The minimum Gasteiger partial charge on any atom is -0.465 e. The van der Waals surface area contributed by atoms with Gasteiger partial charge in [0, 0.05) is 12.2 Å². The SMILES string of the molecule is COC(=O)c1ccc(CCc2cccc3c2NCCC3)cc1. The molecule has 0 amide bonds. The molecule has 22 heavy (non-hydrogen) atoms. The summed E-state index contributed by atoms with van der Waals surface area (Å²) in [6, 6.07) is 14.3. The van der Waals surface area contributed by atoms with Crippen LogP contribution in [0.4, 0.5) is 5.69 Å². The molecule has 114 valence electrons. The Labute approximate surface area is 131 Å². The van der Waals surface area contributed by atoms with Gasteiger partial charge in [0.25, 0.3) is 0 Å². The van der Waals surface area contributed by atoms with E-state index in [9.17, 15) is 4.79 Å². The molecule has 3 nitrogen and oxygen atoms in total. The number of rotatable bonds is 4. The lowest BCUT2D eigenvalue weighted by molar-refractivity contribution is 0.0600. The molecule has 0 spiro atoms. The molecule has 2 aromatic rings. The third-order valence-electron chi connectivity index (χ3n) is 4.22. The van der Waals surface area contributed by atoms with Crippen LogP contribution in [0.5, 0.6) is 0 Å². The van der Waals surface area contributed by atoms with Crippen LogP contribution in [0.3, 0.4) is 0 Å². The van der Waals surface area contributed by atoms with Crippen molar-refractivity contribution in [3.63, 3.8) is 0 Å². The topological polar surface area (TPSA) is 38.3 Å². The van der Waals surface area contributed by atoms with E-state index in [1.165, 1.54) is 42.3 Å². The highest BCUT2D eigenvalue weighted by atomic mass is 16.5. The fourth-order valence-electron chi connectivity index (χ4n) is 2.99. The first kappa shape index (κ1) is 14.6. The predicted octanol–water partition coefficient (Wildman–Crippen LogP) is 3.62. The lowest BCUT2D eigenvalue weighted by Gasteiger charge is -2.21. The summed E-state index contributed by atoms with van der Waals surface area (Å²) in [5.74, 6) is -0.284. The Kier molecular flexibility index (Phi) is 4.42. The number of carbonyl (C=O) groups excluding carboxylic acids is 1. The third-order valence-corrected chi connectivity index (χ3v) is 4.22. The molecule has 0 bridgehead atoms. The van der Waals surface area contributed by atoms with Crippen LogP contribution in [0.15, 0.2) is 42.5 Å². The summed E-state index contributed by atoms with van der Waals surface area (Å²) in [5, 5.41) is 3.54. The van der Waals surface area contributed by atoms with Crippen LogP contribution in [0.1, 0.15) is 33.5 Å². The quantitative estimate of drug-likeness (QED) is 0.876. The van der Waals surface area contributed by atoms with E-state index in [0.29, 0.717) is 5.56 Å². The van der Waals surface area contributed by atoms with E-state index in [1.54, 1.807) is 0 Å². The lowest BCUT2D eigenvalue weighted by Crippen LogP contribution is -2.14. The molecule has 2 aromatic carbocycles. The molecule has 3 rings (SSSR count). The van der Waals surface area contributed by atoms with Gasteiger partial charge in [-0.2, -0.15) is 0 Å². The molecule has 1 aliphatic heterocycles. The average Bonchev–Trinajstić information content (AvgIpc) is 2.59. The minimum absolute atomic E-state index is 0.284. The van der Waals surface area contributed by atoms with Crippen molar-refractivity contribution >= 4 is 11.7 Å². The van der Waals surface area contributed by atoms with Gasteiger partial charge in [-0.3, -0.25) is 0 Å². The standard InChI is InChI=1S/C19H21NO2/c1-22-19(21)17-11-8-14(9-12-17)7-10-16-5-2-4-15-6-3-13-20-18(15)16/h2,4-5,8-9,11-12,20H,3,6-7,10,13H2,1H3. The Morgan fingerprint density at radius 2 is 1.95 bits per heavy atom. The number of ether oxygens (including phenoxy) is 1. The van der Waals surface area contributed by atoms with Gasteiger partial charge in [-0.1, -0.05) is 30.3 Å². The Morgan fingerprint density at radius 3 is 2.73 bits per heavy atom. The van der Waals surface area contributed by atoms with E-state index in [1.807, 2.05) is 24.3 Å². The first-order valence-corrected chi connectivity index (χ1v) is 7.80. The molecule has 1 heterocycles.